The summed E-state index contributed by atoms with van der Waals surface area (Å²) in [6, 6.07) is 4.65. The SMILES string of the molecule is CC(C)(C)OC(=O)N1CCN(c2cc3c(cc2F)c(=O)cc(CO)n3C2CC2)CC1. The highest BCUT2D eigenvalue weighted by Crippen LogP contribution is 2.39. The molecule has 1 aromatic carbocycles. The number of fused-ring (bicyclic) bond motifs is 1. The van der Waals surface area contributed by atoms with Crippen molar-refractivity contribution in [3.63, 3.8) is 0 Å². The van der Waals surface area contributed by atoms with Gasteiger partial charge in [0.2, 0.25) is 0 Å². The zero-order valence-electron chi connectivity index (χ0n) is 17.7. The quantitative estimate of drug-likeness (QED) is 0.831. The van der Waals surface area contributed by atoms with Crippen LogP contribution in [-0.2, 0) is 11.3 Å². The second kappa shape index (κ2) is 7.58. The lowest BCUT2D eigenvalue weighted by atomic mass is 10.1. The van der Waals surface area contributed by atoms with Crippen LogP contribution in [-0.4, -0.2) is 52.4 Å². The van der Waals surface area contributed by atoms with E-state index in [4.69, 9.17) is 4.74 Å². The Kier molecular flexibility index (Phi) is 5.22. The molecule has 2 heterocycles. The molecule has 2 fully saturated rings. The van der Waals surface area contributed by atoms with Crippen molar-refractivity contribution in [2.75, 3.05) is 31.1 Å². The fraction of sp³-hybridized carbons (Fsp3) is 0.545. The van der Waals surface area contributed by atoms with E-state index >= 15 is 0 Å². The summed E-state index contributed by atoms with van der Waals surface area (Å²) in [5.74, 6) is -0.454. The Balaban J connectivity index is 1.62. The van der Waals surface area contributed by atoms with Crippen LogP contribution in [0.2, 0.25) is 0 Å². The molecule has 162 valence electrons. The van der Waals surface area contributed by atoms with Crippen LogP contribution in [0.25, 0.3) is 10.9 Å². The van der Waals surface area contributed by atoms with Crippen molar-refractivity contribution >= 4 is 22.7 Å². The number of aliphatic hydroxyl groups excluding tert-OH is 1. The highest BCUT2D eigenvalue weighted by Gasteiger charge is 2.30. The average molecular weight is 417 g/mol. The number of nitrogens with zero attached hydrogens (tertiary/aromatic N) is 3. The van der Waals surface area contributed by atoms with Gasteiger partial charge in [-0.1, -0.05) is 0 Å². The summed E-state index contributed by atoms with van der Waals surface area (Å²) in [7, 11) is 0. The standard InChI is InChI=1S/C22H28FN3O4/c1-22(2,3)30-21(29)25-8-6-24(7-9-25)19-12-18-16(11-17(19)23)20(28)10-15(13-27)26(18)14-4-5-14/h10-12,14,27H,4-9,13H2,1-3H3. The minimum Gasteiger partial charge on any atom is -0.444 e. The number of anilines is 1. The molecule has 2 aliphatic rings. The molecule has 7 nitrogen and oxygen atoms in total. The van der Waals surface area contributed by atoms with Gasteiger partial charge < -0.3 is 24.2 Å². The fourth-order valence-electron chi connectivity index (χ4n) is 3.99. The highest BCUT2D eigenvalue weighted by atomic mass is 19.1. The smallest absolute Gasteiger partial charge is 0.410 e. The Labute approximate surface area is 174 Å². The molecule has 0 spiro atoms. The van der Waals surface area contributed by atoms with E-state index in [2.05, 4.69) is 0 Å². The molecule has 30 heavy (non-hydrogen) atoms. The van der Waals surface area contributed by atoms with Crippen molar-refractivity contribution in [3.05, 3.63) is 39.9 Å². The molecule has 1 saturated heterocycles. The summed E-state index contributed by atoms with van der Waals surface area (Å²) in [5, 5.41) is 10.0. The van der Waals surface area contributed by atoms with Crippen molar-refractivity contribution in [3.8, 4) is 0 Å². The second-order valence-corrected chi connectivity index (χ2v) is 9.03. The van der Waals surface area contributed by atoms with Gasteiger partial charge in [-0.2, -0.15) is 0 Å². The lowest BCUT2D eigenvalue weighted by Gasteiger charge is -2.37. The van der Waals surface area contributed by atoms with Gasteiger partial charge in [0.1, 0.15) is 11.4 Å². The van der Waals surface area contributed by atoms with Crippen LogP contribution in [0.15, 0.2) is 23.0 Å². The van der Waals surface area contributed by atoms with Crippen molar-refractivity contribution in [2.24, 2.45) is 0 Å². The number of amides is 1. The maximum absolute atomic E-state index is 14.9. The highest BCUT2D eigenvalue weighted by molar-refractivity contribution is 5.84. The predicted molar refractivity (Wildman–Crippen MR) is 112 cm³/mol. The van der Waals surface area contributed by atoms with E-state index < -0.39 is 11.4 Å². The number of hydrogen-bond acceptors (Lipinski definition) is 5. The van der Waals surface area contributed by atoms with Crippen molar-refractivity contribution in [1.82, 2.24) is 9.47 Å². The summed E-state index contributed by atoms with van der Waals surface area (Å²) in [5.41, 5.74) is 0.777. The van der Waals surface area contributed by atoms with Gasteiger partial charge in [0.25, 0.3) is 0 Å². The van der Waals surface area contributed by atoms with E-state index in [0.29, 0.717) is 48.5 Å². The summed E-state index contributed by atoms with van der Waals surface area (Å²) in [4.78, 5) is 28.3. The minimum absolute atomic E-state index is 0.233. The van der Waals surface area contributed by atoms with Gasteiger partial charge in [-0.25, -0.2) is 9.18 Å². The lowest BCUT2D eigenvalue weighted by molar-refractivity contribution is 0.0240. The number of aromatic nitrogens is 1. The zero-order valence-corrected chi connectivity index (χ0v) is 17.7. The molecule has 4 rings (SSSR count). The number of carbonyl (C=O) groups excluding carboxylic acids is 1. The van der Waals surface area contributed by atoms with E-state index in [-0.39, 0.29) is 24.2 Å². The van der Waals surface area contributed by atoms with Crippen LogP contribution >= 0.6 is 0 Å². The van der Waals surface area contributed by atoms with Crippen LogP contribution in [0.1, 0.15) is 45.3 Å². The molecule has 1 aromatic heterocycles. The third kappa shape index (κ3) is 4.01. The summed E-state index contributed by atoms with van der Waals surface area (Å²) >= 11 is 0. The largest absolute Gasteiger partial charge is 0.444 e. The van der Waals surface area contributed by atoms with E-state index in [1.165, 1.54) is 12.1 Å². The molecule has 1 N–H and O–H groups in total. The van der Waals surface area contributed by atoms with Crippen LogP contribution in [0.5, 0.6) is 0 Å². The zero-order chi connectivity index (χ0) is 21.6. The number of rotatable bonds is 3. The third-order valence-corrected chi connectivity index (χ3v) is 5.54. The number of hydrogen-bond donors (Lipinski definition) is 1. The topological polar surface area (TPSA) is 75.0 Å². The molecule has 8 heteroatoms. The molecular weight excluding hydrogens is 389 g/mol. The molecule has 1 amide bonds. The van der Waals surface area contributed by atoms with Gasteiger partial charge in [0.05, 0.1) is 17.8 Å². The molecule has 0 radical (unpaired) electrons. The van der Waals surface area contributed by atoms with Gasteiger partial charge in [-0.05, 0) is 45.7 Å². The number of ether oxygens (including phenoxy) is 1. The fourth-order valence-corrected chi connectivity index (χ4v) is 3.99. The minimum atomic E-state index is -0.560. The van der Waals surface area contributed by atoms with Crippen LogP contribution in [0.4, 0.5) is 14.9 Å². The Bertz CT molecular complexity index is 1030. The Morgan fingerprint density at radius 2 is 1.83 bits per heavy atom. The molecule has 1 saturated carbocycles. The maximum Gasteiger partial charge on any atom is 0.410 e. The molecule has 0 bridgehead atoms. The summed E-state index contributed by atoms with van der Waals surface area (Å²) in [6.07, 6.45) is 1.59. The van der Waals surface area contributed by atoms with E-state index in [0.717, 1.165) is 12.8 Å². The number of pyridine rings is 1. The summed E-state index contributed by atoms with van der Waals surface area (Å²) < 4.78 is 22.3. The van der Waals surface area contributed by atoms with Crippen LogP contribution in [0, 0.1) is 5.82 Å². The van der Waals surface area contributed by atoms with Crippen LogP contribution in [0.3, 0.4) is 0 Å². The molecule has 2 aromatic rings. The number of aliphatic hydroxyl groups is 1. The maximum atomic E-state index is 14.9. The van der Waals surface area contributed by atoms with Crippen molar-refractivity contribution in [1.29, 1.82) is 0 Å². The van der Waals surface area contributed by atoms with E-state index in [9.17, 15) is 19.1 Å². The first kappa shape index (κ1) is 20.7. The number of benzene rings is 1. The van der Waals surface area contributed by atoms with Crippen molar-refractivity contribution < 1.29 is 19.0 Å². The first-order chi connectivity index (χ1) is 14.2. The molecule has 1 aliphatic carbocycles. The lowest BCUT2D eigenvalue weighted by Crippen LogP contribution is -2.50. The monoisotopic (exact) mass is 417 g/mol. The molecule has 0 unspecified atom stereocenters. The van der Waals surface area contributed by atoms with Crippen LogP contribution < -0.4 is 10.3 Å². The van der Waals surface area contributed by atoms with E-state index in [1.54, 1.807) is 11.0 Å². The Morgan fingerprint density at radius 3 is 2.40 bits per heavy atom. The Hall–Kier alpha value is -2.61. The normalized spacial score (nSPS) is 17.5. The summed E-state index contributed by atoms with van der Waals surface area (Å²) in [6.45, 7) is 7.03. The van der Waals surface area contributed by atoms with Gasteiger partial charge >= 0.3 is 6.09 Å². The second-order valence-electron chi connectivity index (χ2n) is 9.03. The average Bonchev–Trinajstić information content (AvgIpc) is 3.51. The van der Waals surface area contributed by atoms with Gasteiger partial charge in [-0.15, -0.1) is 0 Å². The first-order valence-electron chi connectivity index (χ1n) is 10.4. The molecule has 1 aliphatic heterocycles. The van der Waals surface area contributed by atoms with Gasteiger partial charge in [-0.3, -0.25) is 4.79 Å². The number of halogens is 1. The predicted octanol–water partition coefficient (Wildman–Crippen LogP) is 3.02. The van der Waals surface area contributed by atoms with E-state index in [1.807, 2.05) is 30.2 Å². The van der Waals surface area contributed by atoms with Crippen molar-refractivity contribution in [2.45, 2.75) is 51.9 Å². The molecular formula is C22H28FN3O4. The Morgan fingerprint density at radius 1 is 1.17 bits per heavy atom. The third-order valence-electron chi connectivity index (χ3n) is 5.54. The number of carbonyl (C=O) groups is 1. The number of piperazine rings is 1. The van der Waals surface area contributed by atoms with Gasteiger partial charge in [0, 0.05) is 49.4 Å². The first-order valence-corrected chi connectivity index (χ1v) is 10.4. The molecule has 0 atom stereocenters. The van der Waals surface area contributed by atoms with Gasteiger partial charge in [0.15, 0.2) is 5.43 Å².